The number of halogens is 1. The van der Waals surface area contributed by atoms with Crippen LogP contribution in [0.3, 0.4) is 0 Å². The molecule has 1 aromatic heterocycles. The number of nitrogens with zero attached hydrogens (tertiary/aromatic N) is 3. The highest BCUT2D eigenvalue weighted by Crippen LogP contribution is 2.42. The van der Waals surface area contributed by atoms with Gasteiger partial charge in [-0.05, 0) is 66.9 Å². The number of carbonyl (C=O) groups is 2. The molecular formula is C28H25FN4O3. The second-order valence-electron chi connectivity index (χ2n) is 9.18. The molecular weight excluding hydrogens is 459 g/mol. The van der Waals surface area contributed by atoms with Gasteiger partial charge < -0.3 is 15.0 Å². The Kier molecular flexibility index (Phi) is 5.59. The normalized spacial score (nSPS) is 17.2. The van der Waals surface area contributed by atoms with Crippen LogP contribution in [0.5, 0.6) is 0 Å². The predicted octanol–water partition coefficient (Wildman–Crippen LogP) is 5.01. The van der Waals surface area contributed by atoms with E-state index in [0.717, 1.165) is 16.8 Å². The highest BCUT2D eigenvalue weighted by Gasteiger charge is 2.48. The number of aryl methyl sites for hydroxylation is 2. The third kappa shape index (κ3) is 3.80. The van der Waals surface area contributed by atoms with Crippen molar-refractivity contribution < 1.29 is 19.1 Å². The van der Waals surface area contributed by atoms with E-state index >= 15 is 0 Å². The zero-order valence-corrected chi connectivity index (χ0v) is 20.3. The van der Waals surface area contributed by atoms with Crippen molar-refractivity contribution in [2.24, 2.45) is 0 Å². The Bertz CT molecular complexity index is 1550. The van der Waals surface area contributed by atoms with Gasteiger partial charge in [0.05, 0.1) is 22.6 Å². The third-order valence-corrected chi connectivity index (χ3v) is 6.61. The molecule has 182 valence electrons. The largest absolute Gasteiger partial charge is 0.507 e. The van der Waals surface area contributed by atoms with Crippen LogP contribution in [0.2, 0.25) is 0 Å². The number of amides is 1. The maximum absolute atomic E-state index is 13.8. The number of H-pyrrole nitrogens is 1. The highest BCUT2D eigenvalue weighted by molar-refractivity contribution is 6.51. The minimum Gasteiger partial charge on any atom is -0.507 e. The van der Waals surface area contributed by atoms with Crippen LogP contribution < -0.4 is 9.80 Å². The zero-order chi connectivity index (χ0) is 25.7. The van der Waals surface area contributed by atoms with E-state index in [9.17, 15) is 19.1 Å². The standard InChI is InChI=1S/C28H25FN4O3/c1-15-5-6-18(13-16(15)2)25(34)23-24(17-7-10-20(11-8-17)32(3)4)33(27(36)26(23)35)28-30-21-12-9-19(29)14-22(21)31-28/h5-14,24,34H,1-4H3,(H,30,31)/b25-23+. The molecule has 4 aromatic rings. The van der Waals surface area contributed by atoms with Gasteiger partial charge in [0.15, 0.2) is 0 Å². The molecule has 1 aliphatic rings. The zero-order valence-electron chi connectivity index (χ0n) is 20.3. The summed E-state index contributed by atoms with van der Waals surface area (Å²) in [6.07, 6.45) is 0. The Morgan fingerprint density at radius 3 is 2.39 bits per heavy atom. The van der Waals surface area contributed by atoms with Crippen LogP contribution in [0, 0.1) is 19.7 Å². The van der Waals surface area contributed by atoms with Gasteiger partial charge >= 0.3 is 5.91 Å². The van der Waals surface area contributed by atoms with Gasteiger partial charge in [0.25, 0.3) is 5.78 Å². The van der Waals surface area contributed by atoms with E-state index in [0.29, 0.717) is 22.2 Å². The summed E-state index contributed by atoms with van der Waals surface area (Å²) in [6.45, 7) is 3.87. The summed E-state index contributed by atoms with van der Waals surface area (Å²) in [4.78, 5) is 37.3. The Morgan fingerprint density at radius 1 is 1.00 bits per heavy atom. The van der Waals surface area contributed by atoms with Crippen LogP contribution >= 0.6 is 0 Å². The molecule has 2 heterocycles. The molecule has 0 saturated carbocycles. The molecule has 0 aliphatic carbocycles. The van der Waals surface area contributed by atoms with Gasteiger partial charge in [0, 0.05) is 25.3 Å². The average molecular weight is 485 g/mol. The summed E-state index contributed by atoms with van der Waals surface area (Å²) in [5.74, 6) is -2.27. The molecule has 1 aliphatic heterocycles. The van der Waals surface area contributed by atoms with Crippen molar-refractivity contribution in [1.29, 1.82) is 0 Å². The number of aliphatic hydroxyl groups excluding tert-OH is 1. The first-order chi connectivity index (χ1) is 17.2. The van der Waals surface area contributed by atoms with E-state index in [1.165, 1.54) is 23.1 Å². The number of anilines is 2. The minimum atomic E-state index is -0.937. The molecule has 36 heavy (non-hydrogen) atoms. The predicted molar refractivity (Wildman–Crippen MR) is 138 cm³/mol. The second kappa shape index (κ2) is 8.64. The Balaban J connectivity index is 1.72. The fraction of sp³-hybridized carbons (Fsp3) is 0.179. The second-order valence-corrected chi connectivity index (χ2v) is 9.18. The molecule has 1 fully saturated rings. The van der Waals surface area contributed by atoms with Crippen LogP contribution in [0.15, 0.2) is 66.2 Å². The molecule has 1 unspecified atom stereocenters. The molecule has 0 bridgehead atoms. The van der Waals surface area contributed by atoms with E-state index in [1.807, 2.05) is 63.2 Å². The van der Waals surface area contributed by atoms with Crippen molar-refractivity contribution >= 4 is 40.1 Å². The van der Waals surface area contributed by atoms with Gasteiger partial charge in [-0.15, -0.1) is 0 Å². The van der Waals surface area contributed by atoms with Crippen molar-refractivity contribution in [2.75, 3.05) is 23.9 Å². The van der Waals surface area contributed by atoms with Gasteiger partial charge in [0.2, 0.25) is 5.95 Å². The van der Waals surface area contributed by atoms with Crippen molar-refractivity contribution in [2.45, 2.75) is 19.9 Å². The van der Waals surface area contributed by atoms with Crippen LogP contribution in [0.4, 0.5) is 16.0 Å². The topological polar surface area (TPSA) is 89.5 Å². The lowest BCUT2D eigenvalue weighted by Crippen LogP contribution is -2.30. The number of hydrogen-bond acceptors (Lipinski definition) is 5. The summed E-state index contributed by atoms with van der Waals surface area (Å²) in [5, 5.41) is 11.3. The molecule has 0 radical (unpaired) electrons. The lowest BCUT2D eigenvalue weighted by Gasteiger charge is -2.24. The number of rotatable bonds is 4. The van der Waals surface area contributed by atoms with E-state index in [2.05, 4.69) is 9.97 Å². The Hall–Kier alpha value is -4.46. The third-order valence-electron chi connectivity index (χ3n) is 6.61. The monoisotopic (exact) mass is 484 g/mol. The van der Waals surface area contributed by atoms with Gasteiger partial charge in [0.1, 0.15) is 11.6 Å². The van der Waals surface area contributed by atoms with Crippen LogP contribution in [0.1, 0.15) is 28.3 Å². The van der Waals surface area contributed by atoms with Crippen LogP contribution in [0.25, 0.3) is 16.8 Å². The van der Waals surface area contributed by atoms with E-state index in [-0.39, 0.29) is 17.3 Å². The number of nitrogens with one attached hydrogen (secondary N) is 1. The van der Waals surface area contributed by atoms with Gasteiger partial charge in [-0.25, -0.2) is 9.37 Å². The maximum atomic E-state index is 13.8. The SMILES string of the molecule is Cc1ccc(/C(O)=C2\C(=O)C(=O)N(c3nc4ccc(F)cc4[nH]3)C2c2ccc(N(C)C)cc2)cc1C. The van der Waals surface area contributed by atoms with Gasteiger partial charge in [-0.3, -0.25) is 14.5 Å². The number of benzene rings is 3. The van der Waals surface area contributed by atoms with Crippen LogP contribution in [-0.2, 0) is 9.59 Å². The highest BCUT2D eigenvalue weighted by atomic mass is 19.1. The quantitative estimate of drug-likeness (QED) is 0.241. The molecule has 5 rings (SSSR count). The number of fused-ring (bicyclic) bond motifs is 1. The number of imidazole rings is 1. The summed E-state index contributed by atoms with van der Waals surface area (Å²) < 4.78 is 13.8. The fourth-order valence-corrected chi connectivity index (χ4v) is 4.45. The van der Waals surface area contributed by atoms with Crippen molar-refractivity contribution in [3.8, 4) is 0 Å². The first-order valence-corrected chi connectivity index (χ1v) is 11.5. The smallest absolute Gasteiger partial charge is 0.302 e. The minimum absolute atomic E-state index is 0.0347. The van der Waals surface area contributed by atoms with E-state index in [4.69, 9.17) is 0 Å². The van der Waals surface area contributed by atoms with E-state index < -0.39 is 23.5 Å². The summed E-state index contributed by atoms with van der Waals surface area (Å²) in [7, 11) is 3.82. The number of hydrogen-bond donors (Lipinski definition) is 2. The number of Topliss-reactive ketones (excluding diaryl/α,β-unsaturated/α-hetero) is 1. The molecule has 0 spiro atoms. The molecule has 1 atom stereocenters. The molecule has 1 saturated heterocycles. The van der Waals surface area contributed by atoms with Crippen molar-refractivity contribution in [3.63, 3.8) is 0 Å². The lowest BCUT2D eigenvalue weighted by molar-refractivity contribution is -0.132. The first-order valence-electron chi connectivity index (χ1n) is 11.5. The van der Waals surface area contributed by atoms with Crippen LogP contribution in [-0.4, -0.2) is 40.9 Å². The summed E-state index contributed by atoms with van der Waals surface area (Å²) in [6, 6.07) is 15.9. The Morgan fingerprint density at radius 2 is 1.72 bits per heavy atom. The molecule has 7 nitrogen and oxygen atoms in total. The number of carbonyl (C=O) groups excluding carboxylic acids is 2. The number of aromatic amines is 1. The van der Waals surface area contributed by atoms with Gasteiger partial charge in [-0.2, -0.15) is 0 Å². The molecule has 2 N–H and O–H groups in total. The fourth-order valence-electron chi connectivity index (χ4n) is 4.45. The first kappa shape index (κ1) is 23.3. The molecule has 1 amide bonds. The van der Waals surface area contributed by atoms with E-state index in [1.54, 1.807) is 12.1 Å². The number of aliphatic hydroxyl groups is 1. The van der Waals surface area contributed by atoms with Gasteiger partial charge in [-0.1, -0.05) is 24.3 Å². The number of ketones is 1. The molecule has 8 heteroatoms. The summed E-state index contributed by atoms with van der Waals surface area (Å²) in [5.41, 5.74) is 4.79. The lowest BCUT2D eigenvalue weighted by atomic mass is 9.94. The Labute approximate surface area is 207 Å². The molecule has 3 aromatic carbocycles. The van der Waals surface area contributed by atoms with Crippen molar-refractivity contribution in [3.05, 3.63) is 94.3 Å². The maximum Gasteiger partial charge on any atom is 0.302 e. The number of aromatic nitrogens is 2. The average Bonchev–Trinajstić information content (AvgIpc) is 3.38. The van der Waals surface area contributed by atoms with Crippen molar-refractivity contribution in [1.82, 2.24) is 9.97 Å². The summed E-state index contributed by atoms with van der Waals surface area (Å²) >= 11 is 0.